The third-order valence-electron chi connectivity index (χ3n) is 12.3. The number of fused-ring (bicyclic) bond motifs is 5. The van der Waals surface area contributed by atoms with Gasteiger partial charge < -0.3 is 30.6 Å². The second-order valence-electron chi connectivity index (χ2n) is 15.6. The third kappa shape index (κ3) is 6.83. The number of rotatable bonds is 8. The normalized spacial score (nSPS) is 41.8. The van der Waals surface area contributed by atoms with Gasteiger partial charge in [-0.05, 0) is 109 Å². The van der Waals surface area contributed by atoms with Crippen molar-refractivity contribution < 1.29 is 45.0 Å². The Morgan fingerprint density at radius 1 is 0.786 bits per heavy atom. The first-order chi connectivity index (χ1) is 19.3. The molecule has 4 saturated carbocycles. The van der Waals surface area contributed by atoms with Crippen molar-refractivity contribution in [1.29, 1.82) is 0 Å². The van der Waals surface area contributed by atoms with E-state index >= 15 is 0 Å². The van der Waals surface area contributed by atoms with E-state index in [-0.39, 0.29) is 83.7 Å². The summed E-state index contributed by atoms with van der Waals surface area (Å²) in [6.45, 7) is 13.7. The fourth-order valence-electron chi connectivity index (χ4n) is 10.5. The van der Waals surface area contributed by atoms with Crippen molar-refractivity contribution >= 4 is 17.9 Å². The van der Waals surface area contributed by atoms with Gasteiger partial charge in [0, 0.05) is 19.3 Å². The maximum Gasteiger partial charge on any atom is 0.303 e. The smallest absolute Gasteiger partial charge is 0.303 e. The summed E-state index contributed by atoms with van der Waals surface area (Å²) in [5.74, 6) is -0.774. The van der Waals surface area contributed by atoms with Crippen LogP contribution < -0.4 is 0 Å². The monoisotopic (exact) mass is 596 g/mol. The van der Waals surface area contributed by atoms with E-state index in [4.69, 9.17) is 10.2 Å². The molecule has 9 heteroatoms. The quantitative estimate of drug-likeness (QED) is 0.224. The third-order valence-corrected chi connectivity index (χ3v) is 12.3. The van der Waals surface area contributed by atoms with Gasteiger partial charge in [-0.25, -0.2) is 0 Å². The number of carboxylic acid groups (broad SMARTS) is 3. The van der Waals surface area contributed by atoms with E-state index in [1.54, 1.807) is 0 Å². The van der Waals surface area contributed by atoms with Gasteiger partial charge in [-0.2, -0.15) is 0 Å². The van der Waals surface area contributed by atoms with Gasteiger partial charge in [-0.15, -0.1) is 0 Å². The Kier molecular flexibility index (Phi) is 10.9. The van der Waals surface area contributed by atoms with E-state index in [1.165, 1.54) is 0 Å². The van der Waals surface area contributed by atoms with E-state index in [1.807, 2.05) is 0 Å². The second-order valence-corrected chi connectivity index (χ2v) is 15.6. The molecule has 0 amide bonds. The zero-order valence-electron chi connectivity index (χ0n) is 26.5. The van der Waals surface area contributed by atoms with Crippen molar-refractivity contribution in [2.45, 2.75) is 130 Å². The molecule has 0 spiro atoms. The van der Waals surface area contributed by atoms with E-state index in [0.717, 1.165) is 32.1 Å². The largest absolute Gasteiger partial charge is 0.481 e. The zero-order valence-corrected chi connectivity index (χ0v) is 26.5. The lowest BCUT2D eigenvalue weighted by Gasteiger charge is -2.67. The van der Waals surface area contributed by atoms with Gasteiger partial charge in [-0.3, -0.25) is 14.4 Å². The van der Waals surface area contributed by atoms with Crippen LogP contribution in [0.5, 0.6) is 0 Å². The fraction of sp³-hybridized carbons (Fsp3) is 0.909. The summed E-state index contributed by atoms with van der Waals surface area (Å²) in [7, 11) is 0. The van der Waals surface area contributed by atoms with Crippen LogP contribution >= 0.6 is 0 Å². The van der Waals surface area contributed by atoms with Gasteiger partial charge in [0.2, 0.25) is 0 Å². The first-order valence-electron chi connectivity index (χ1n) is 16.0. The van der Waals surface area contributed by atoms with Crippen LogP contribution in [0.3, 0.4) is 0 Å². The van der Waals surface area contributed by atoms with Crippen molar-refractivity contribution in [2.24, 2.45) is 57.7 Å². The molecule has 0 aliphatic heterocycles. The fourth-order valence-corrected chi connectivity index (χ4v) is 10.5. The SMILES string of the molecule is C[C@H](CCC(=O)O)[C@H]1CC[C@H]2[C@@H]3[C@H](O)C[C@@H]4C[C@H](O)CC(C(C)(C)C)[C@]4(C)[C@H]3C[C@H](O)[C@]12C.O=C(O)CCCC(=O)O. The summed E-state index contributed by atoms with van der Waals surface area (Å²) in [4.78, 5) is 30.8. The Balaban J connectivity index is 0.000000467. The average molecular weight is 597 g/mol. The van der Waals surface area contributed by atoms with Crippen molar-refractivity contribution in [3.63, 3.8) is 0 Å². The molecule has 6 N–H and O–H groups in total. The molecule has 242 valence electrons. The minimum atomic E-state index is -0.948. The Labute approximate surface area is 251 Å². The van der Waals surface area contributed by atoms with Crippen molar-refractivity contribution in [3.05, 3.63) is 0 Å². The number of hydrogen-bond acceptors (Lipinski definition) is 6. The maximum atomic E-state index is 11.8. The Morgan fingerprint density at radius 3 is 1.88 bits per heavy atom. The molecule has 0 aromatic rings. The molecule has 4 aliphatic rings. The van der Waals surface area contributed by atoms with Crippen molar-refractivity contribution in [1.82, 2.24) is 0 Å². The summed E-state index contributed by atoms with van der Waals surface area (Å²) >= 11 is 0. The van der Waals surface area contributed by atoms with E-state index < -0.39 is 24.0 Å². The van der Waals surface area contributed by atoms with Crippen LogP contribution in [-0.2, 0) is 14.4 Å². The molecule has 1 unspecified atom stereocenters. The molecular weight excluding hydrogens is 540 g/mol. The molecule has 4 fully saturated rings. The van der Waals surface area contributed by atoms with Crippen LogP contribution in [0.1, 0.15) is 112 Å². The highest BCUT2D eigenvalue weighted by Crippen LogP contribution is 2.70. The lowest BCUT2D eigenvalue weighted by molar-refractivity contribution is -0.233. The van der Waals surface area contributed by atoms with Crippen LogP contribution in [0.2, 0.25) is 0 Å². The minimum absolute atomic E-state index is 0.00328. The lowest BCUT2D eigenvalue weighted by atomic mass is 9.39. The molecule has 0 saturated heterocycles. The summed E-state index contributed by atoms with van der Waals surface area (Å²) in [6, 6.07) is 0. The molecule has 4 aliphatic carbocycles. The van der Waals surface area contributed by atoms with Gasteiger partial charge in [-0.1, -0.05) is 41.5 Å². The molecule has 0 aromatic carbocycles. The minimum Gasteiger partial charge on any atom is -0.481 e. The van der Waals surface area contributed by atoms with Crippen LogP contribution in [-0.4, -0.2) is 66.9 Å². The highest BCUT2D eigenvalue weighted by molar-refractivity contribution is 5.69. The number of carboxylic acids is 3. The molecule has 0 radical (unpaired) electrons. The summed E-state index contributed by atoms with van der Waals surface area (Å²) < 4.78 is 0. The van der Waals surface area contributed by atoms with Gasteiger partial charge >= 0.3 is 17.9 Å². The number of aliphatic hydroxyl groups excluding tert-OH is 3. The van der Waals surface area contributed by atoms with E-state index in [9.17, 15) is 34.8 Å². The molecule has 0 aromatic heterocycles. The van der Waals surface area contributed by atoms with Crippen LogP contribution in [0.15, 0.2) is 0 Å². The first-order valence-corrected chi connectivity index (χ1v) is 16.0. The summed E-state index contributed by atoms with van der Waals surface area (Å²) in [6.07, 6.45) is 4.85. The molecule has 0 bridgehead atoms. The van der Waals surface area contributed by atoms with Crippen molar-refractivity contribution in [3.8, 4) is 0 Å². The van der Waals surface area contributed by atoms with E-state index in [0.29, 0.717) is 24.7 Å². The zero-order chi connectivity index (χ0) is 31.8. The van der Waals surface area contributed by atoms with Crippen LogP contribution in [0, 0.1) is 57.7 Å². The topological polar surface area (TPSA) is 173 Å². The molecular formula is C33H56O9. The summed E-state index contributed by atoms with van der Waals surface area (Å²) in [5, 5.41) is 59.3. The number of hydrogen-bond donors (Lipinski definition) is 6. The lowest BCUT2D eigenvalue weighted by Crippen LogP contribution is -2.65. The number of aliphatic hydroxyl groups is 3. The van der Waals surface area contributed by atoms with Gasteiger partial charge in [0.05, 0.1) is 18.3 Å². The molecule has 12 atom stereocenters. The molecule has 9 nitrogen and oxygen atoms in total. The first kappa shape index (κ1) is 34.8. The second kappa shape index (κ2) is 13.1. The summed E-state index contributed by atoms with van der Waals surface area (Å²) in [5.41, 5.74) is -0.220. The van der Waals surface area contributed by atoms with Gasteiger partial charge in [0.15, 0.2) is 0 Å². The van der Waals surface area contributed by atoms with Crippen LogP contribution in [0.4, 0.5) is 0 Å². The van der Waals surface area contributed by atoms with Gasteiger partial charge in [0.1, 0.15) is 0 Å². The molecule has 4 rings (SSSR count). The Morgan fingerprint density at radius 2 is 1.36 bits per heavy atom. The predicted molar refractivity (Wildman–Crippen MR) is 157 cm³/mol. The van der Waals surface area contributed by atoms with Crippen molar-refractivity contribution in [2.75, 3.05) is 0 Å². The highest BCUT2D eigenvalue weighted by atomic mass is 16.4. The van der Waals surface area contributed by atoms with Gasteiger partial charge in [0.25, 0.3) is 0 Å². The Bertz CT molecular complexity index is 961. The number of carbonyl (C=O) groups is 3. The Hall–Kier alpha value is -1.71. The van der Waals surface area contributed by atoms with E-state index in [2.05, 4.69) is 41.5 Å². The predicted octanol–water partition coefficient (Wildman–Crippen LogP) is 5.05. The molecule has 42 heavy (non-hydrogen) atoms. The molecule has 0 heterocycles. The average Bonchev–Trinajstić information content (AvgIpc) is 3.21. The van der Waals surface area contributed by atoms with Crippen LogP contribution in [0.25, 0.3) is 0 Å². The number of aliphatic carboxylic acids is 3. The maximum absolute atomic E-state index is 11.8. The highest BCUT2D eigenvalue weighted by Gasteiger charge is 2.68. The standard InChI is InChI=1S/C28H48O5.C5H8O4/c1-15(7-10-24(32)33)18-8-9-19-25-20(14-23(31)28(18,19)6)27(5)16(12-21(25)30)11-17(29)13-22(27)26(2,3)4;6-4(7)2-1-3-5(8)9/h15-23,25,29-31H,7-14H2,1-6H3,(H,32,33);1-3H2,(H,6,7)(H,8,9)/t15-,16+,17+,18-,19+,20+,21-,22?,23+,25+,27+,28-;/m1./s1.